The number of rotatable bonds is 7. The quantitative estimate of drug-likeness (QED) is 0.502. The molecule has 4 heteroatoms. The highest BCUT2D eigenvalue weighted by Crippen LogP contribution is 2.24. The molecule has 0 aliphatic carbocycles. The lowest BCUT2D eigenvalue weighted by Crippen LogP contribution is -2.07. The van der Waals surface area contributed by atoms with E-state index in [1.807, 2.05) is 25.1 Å². The van der Waals surface area contributed by atoms with Crippen molar-refractivity contribution in [1.29, 1.82) is 0 Å². The number of nitrogens with one attached hydrogen (secondary N) is 1. The molecule has 0 amide bonds. The first kappa shape index (κ1) is 13.6. The van der Waals surface area contributed by atoms with E-state index >= 15 is 0 Å². The van der Waals surface area contributed by atoms with Gasteiger partial charge in [0.2, 0.25) is 0 Å². The van der Waals surface area contributed by atoms with Crippen LogP contribution in [0.2, 0.25) is 0 Å². The minimum Gasteiger partial charge on any atom is -0.497 e. The molecule has 1 unspecified atom stereocenters. The molecule has 1 aromatic carbocycles. The van der Waals surface area contributed by atoms with Crippen LogP contribution in [0, 0.1) is 5.92 Å². The van der Waals surface area contributed by atoms with E-state index in [1.54, 1.807) is 7.11 Å². The van der Waals surface area contributed by atoms with Gasteiger partial charge in [-0.25, -0.2) is 0 Å². The Morgan fingerprint density at radius 1 is 1.47 bits per heavy atom. The Kier molecular flexibility index (Phi) is 5.63. The Morgan fingerprint density at radius 3 is 2.88 bits per heavy atom. The first-order valence-corrected chi connectivity index (χ1v) is 5.95. The first-order valence-electron chi connectivity index (χ1n) is 5.95. The average Bonchev–Trinajstić information content (AvgIpc) is 2.36. The van der Waals surface area contributed by atoms with Crippen molar-refractivity contribution in [2.75, 3.05) is 31.3 Å². The van der Waals surface area contributed by atoms with Crippen LogP contribution in [-0.2, 0) is 0 Å². The second kappa shape index (κ2) is 7.01. The van der Waals surface area contributed by atoms with Gasteiger partial charge in [0.1, 0.15) is 5.75 Å². The predicted octanol–water partition coefficient (Wildman–Crippen LogP) is 2.10. The molecule has 17 heavy (non-hydrogen) atoms. The number of benzene rings is 1. The molecule has 0 saturated carbocycles. The molecule has 1 aromatic rings. The van der Waals surface area contributed by atoms with Crippen LogP contribution in [0.25, 0.3) is 0 Å². The largest absolute Gasteiger partial charge is 0.497 e. The minimum atomic E-state index is 0.251. The topological polar surface area (TPSA) is 67.5 Å². The molecule has 0 spiro atoms. The normalized spacial score (nSPS) is 12.2. The molecule has 4 N–H and O–H groups in total. The zero-order valence-corrected chi connectivity index (χ0v) is 10.6. The molecule has 1 rings (SSSR count). The average molecular weight is 238 g/mol. The van der Waals surface area contributed by atoms with E-state index in [1.165, 1.54) is 0 Å². The first-order chi connectivity index (χ1) is 8.17. The Labute approximate surface area is 103 Å². The zero-order valence-electron chi connectivity index (χ0n) is 10.6. The van der Waals surface area contributed by atoms with Crippen molar-refractivity contribution in [1.82, 2.24) is 0 Å². The van der Waals surface area contributed by atoms with Crippen molar-refractivity contribution in [3.63, 3.8) is 0 Å². The van der Waals surface area contributed by atoms with E-state index in [-0.39, 0.29) is 6.61 Å². The van der Waals surface area contributed by atoms with Crippen molar-refractivity contribution < 1.29 is 9.84 Å². The van der Waals surface area contributed by atoms with Gasteiger partial charge in [0.05, 0.1) is 18.5 Å². The molecule has 0 aliphatic heterocycles. The molecule has 1 atom stereocenters. The highest BCUT2D eigenvalue weighted by molar-refractivity contribution is 5.68. The van der Waals surface area contributed by atoms with Crippen LogP contribution in [0.4, 0.5) is 11.4 Å². The fourth-order valence-electron chi connectivity index (χ4n) is 1.58. The maximum Gasteiger partial charge on any atom is 0.121 e. The number of methoxy groups -OCH3 is 1. The third-order valence-electron chi connectivity index (χ3n) is 2.76. The van der Waals surface area contributed by atoms with Gasteiger partial charge in [0.25, 0.3) is 0 Å². The molecule has 0 heterocycles. The van der Waals surface area contributed by atoms with Gasteiger partial charge in [0, 0.05) is 19.2 Å². The summed E-state index contributed by atoms with van der Waals surface area (Å²) >= 11 is 0. The molecule has 0 fully saturated rings. The summed E-state index contributed by atoms with van der Waals surface area (Å²) < 4.78 is 5.14. The number of aliphatic hydroxyl groups is 1. The predicted molar refractivity (Wildman–Crippen MR) is 71.4 cm³/mol. The van der Waals surface area contributed by atoms with E-state index in [2.05, 4.69) is 5.32 Å². The maximum absolute atomic E-state index is 8.91. The molecule has 0 radical (unpaired) electrons. The van der Waals surface area contributed by atoms with Gasteiger partial charge in [0.15, 0.2) is 0 Å². The van der Waals surface area contributed by atoms with E-state index in [0.29, 0.717) is 5.92 Å². The van der Waals surface area contributed by atoms with E-state index in [9.17, 15) is 0 Å². The lowest BCUT2D eigenvalue weighted by Gasteiger charge is -2.12. The standard InChI is InChI=1S/C13H22N2O2/c1-10(9-16)4-3-7-15-13-8-11(17-2)5-6-12(13)14/h5-6,8,10,15-16H,3-4,7,9,14H2,1-2H3. The van der Waals surface area contributed by atoms with E-state index in [4.69, 9.17) is 15.6 Å². The smallest absolute Gasteiger partial charge is 0.121 e. The molecule has 0 bridgehead atoms. The number of anilines is 2. The van der Waals surface area contributed by atoms with Gasteiger partial charge in [-0.1, -0.05) is 6.92 Å². The second-order valence-electron chi connectivity index (χ2n) is 4.31. The summed E-state index contributed by atoms with van der Waals surface area (Å²) in [4.78, 5) is 0. The highest BCUT2D eigenvalue weighted by atomic mass is 16.5. The summed E-state index contributed by atoms with van der Waals surface area (Å²) in [6.45, 7) is 3.14. The lowest BCUT2D eigenvalue weighted by atomic mass is 10.1. The van der Waals surface area contributed by atoms with Crippen molar-refractivity contribution in [3.05, 3.63) is 18.2 Å². The van der Waals surface area contributed by atoms with Crippen molar-refractivity contribution >= 4 is 11.4 Å². The zero-order chi connectivity index (χ0) is 12.7. The van der Waals surface area contributed by atoms with Crippen LogP contribution in [0.15, 0.2) is 18.2 Å². The summed E-state index contributed by atoms with van der Waals surface area (Å²) in [6, 6.07) is 5.57. The van der Waals surface area contributed by atoms with Crippen LogP contribution in [0.5, 0.6) is 5.75 Å². The molecule has 0 saturated heterocycles. The molecule has 0 aromatic heterocycles. The Morgan fingerprint density at radius 2 is 2.24 bits per heavy atom. The Balaban J connectivity index is 2.40. The van der Waals surface area contributed by atoms with Gasteiger partial charge in [-0.2, -0.15) is 0 Å². The highest BCUT2D eigenvalue weighted by Gasteiger charge is 2.02. The van der Waals surface area contributed by atoms with Crippen molar-refractivity contribution in [3.8, 4) is 5.75 Å². The lowest BCUT2D eigenvalue weighted by molar-refractivity contribution is 0.229. The number of ether oxygens (including phenoxy) is 1. The van der Waals surface area contributed by atoms with Gasteiger partial charge in [-0.15, -0.1) is 0 Å². The van der Waals surface area contributed by atoms with Crippen LogP contribution in [0.3, 0.4) is 0 Å². The van der Waals surface area contributed by atoms with Crippen LogP contribution in [0.1, 0.15) is 19.8 Å². The summed E-state index contributed by atoms with van der Waals surface area (Å²) in [5.41, 5.74) is 7.48. The SMILES string of the molecule is COc1ccc(N)c(NCCCC(C)CO)c1. The summed E-state index contributed by atoms with van der Waals surface area (Å²) in [5.74, 6) is 1.16. The van der Waals surface area contributed by atoms with Gasteiger partial charge < -0.3 is 20.9 Å². The monoisotopic (exact) mass is 238 g/mol. The molecule has 96 valence electrons. The number of hydrogen-bond donors (Lipinski definition) is 3. The van der Waals surface area contributed by atoms with Gasteiger partial charge in [-0.3, -0.25) is 0 Å². The maximum atomic E-state index is 8.91. The fourth-order valence-corrected chi connectivity index (χ4v) is 1.58. The Bertz CT molecular complexity index is 342. The number of nitrogen functional groups attached to an aromatic ring is 1. The van der Waals surface area contributed by atoms with E-state index in [0.717, 1.165) is 36.5 Å². The Hall–Kier alpha value is -1.42. The fraction of sp³-hybridized carbons (Fsp3) is 0.538. The molecule has 0 aliphatic rings. The second-order valence-corrected chi connectivity index (χ2v) is 4.31. The molecular weight excluding hydrogens is 216 g/mol. The molecular formula is C13H22N2O2. The number of nitrogens with two attached hydrogens (primary N) is 1. The summed E-state index contributed by atoms with van der Waals surface area (Å²) in [5, 5.41) is 12.2. The molecule has 4 nitrogen and oxygen atoms in total. The third kappa shape index (κ3) is 4.53. The van der Waals surface area contributed by atoms with Gasteiger partial charge in [-0.05, 0) is 30.9 Å². The van der Waals surface area contributed by atoms with Gasteiger partial charge >= 0.3 is 0 Å². The summed E-state index contributed by atoms with van der Waals surface area (Å²) in [6.07, 6.45) is 2.02. The van der Waals surface area contributed by atoms with E-state index < -0.39 is 0 Å². The number of aliphatic hydroxyl groups excluding tert-OH is 1. The number of hydrogen-bond acceptors (Lipinski definition) is 4. The minimum absolute atomic E-state index is 0.251. The van der Waals surface area contributed by atoms with Crippen LogP contribution in [-0.4, -0.2) is 25.4 Å². The van der Waals surface area contributed by atoms with Crippen molar-refractivity contribution in [2.24, 2.45) is 5.92 Å². The van der Waals surface area contributed by atoms with Crippen LogP contribution >= 0.6 is 0 Å². The van der Waals surface area contributed by atoms with Crippen LogP contribution < -0.4 is 15.8 Å². The third-order valence-corrected chi connectivity index (χ3v) is 2.76. The summed E-state index contributed by atoms with van der Waals surface area (Å²) in [7, 11) is 1.64. The van der Waals surface area contributed by atoms with Crippen molar-refractivity contribution in [2.45, 2.75) is 19.8 Å².